The zero-order chi connectivity index (χ0) is 18.1. The molecule has 1 aliphatic heterocycles. The third-order valence-electron chi connectivity index (χ3n) is 5.44. The van der Waals surface area contributed by atoms with Gasteiger partial charge in [-0.25, -0.2) is 9.36 Å². The Balaban J connectivity index is 1.72. The number of nitrogens with one attached hydrogen (secondary N) is 2. The first-order chi connectivity index (χ1) is 12.7. The fraction of sp³-hybridized carbons (Fsp3) is 0.474. The fourth-order valence-electron chi connectivity index (χ4n) is 4.02. The molecule has 7 heteroatoms. The minimum absolute atomic E-state index is 0.303. The number of hydrogen-bond acceptors (Lipinski definition) is 5. The van der Waals surface area contributed by atoms with Crippen molar-refractivity contribution in [3.05, 3.63) is 50.7 Å². The second kappa shape index (κ2) is 6.99. The van der Waals surface area contributed by atoms with Gasteiger partial charge < -0.3 is 10.1 Å². The first-order valence-corrected chi connectivity index (χ1v) is 9.18. The molecule has 0 spiro atoms. The molecule has 2 aliphatic rings. The van der Waals surface area contributed by atoms with Gasteiger partial charge in [0.25, 0.3) is 5.56 Å². The van der Waals surface area contributed by atoms with Crippen LogP contribution in [0.3, 0.4) is 0 Å². The second-order valence-corrected chi connectivity index (χ2v) is 6.99. The number of aromatic nitrogens is 2. The molecular formula is C19H24N4O3. The van der Waals surface area contributed by atoms with Gasteiger partial charge in [0.2, 0.25) is 0 Å². The molecule has 138 valence electrons. The monoisotopic (exact) mass is 356 g/mol. The predicted molar refractivity (Wildman–Crippen MR) is 100 cm³/mol. The summed E-state index contributed by atoms with van der Waals surface area (Å²) in [5.74, 6) is 1.31. The van der Waals surface area contributed by atoms with Gasteiger partial charge in [0, 0.05) is 12.6 Å². The smallest absolute Gasteiger partial charge is 0.334 e. The Morgan fingerprint density at radius 3 is 2.50 bits per heavy atom. The Kier molecular flexibility index (Phi) is 4.55. The van der Waals surface area contributed by atoms with Crippen LogP contribution in [0.1, 0.15) is 37.7 Å². The molecule has 7 nitrogen and oxygen atoms in total. The number of ether oxygens (including phenoxy) is 1. The first kappa shape index (κ1) is 16.9. The van der Waals surface area contributed by atoms with Crippen molar-refractivity contribution in [3.8, 4) is 11.4 Å². The number of hydrogen-bond donors (Lipinski definition) is 2. The van der Waals surface area contributed by atoms with Crippen molar-refractivity contribution >= 4 is 5.82 Å². The van der Waals surface area contributed by atoms with Crippen LogP contribution in [0.25, 0.3) is 5.69 Å². The molecule has 1 aromatic carbocycles. The highest BCUT2D eigenvalue weighted by molar-refractivity contribution is 5.52. The zero-order valence-electron chi connectivity index (χ0n) is 15.0. The molecule has 4 rings (SSSR count). The largest absolute Gasteiger partial charge is 0.497 e. The summed E-state index contributed by atoms with van der Waals surface area (Å²) in [4.78, 5) is 29.7. The molecule has 0 radical (unpaired) electrons. The number of anilines is 1. The normalized spacial score (nSPS) is 18.2. The molecule has 1 aliphatic carbocycles. The number of nitrogens with zero attached hydrogens (tertiary/aromatic N) is 2. The van der Waals surface area contributed by atoms with Gasteiger partial charge in [-0.05, 0) is 37.1 Å². The van der Waals surface area contributed by atoms with Crippen molar-refractivity contribution in [3.63, 3.8) is 0 Å². The lowest BCUT2D eigenvalue weighted by Gasteiger charge is -2.38. The molecule has 2 aromatic rings. The van der Waals surface area contributed by atoms with E-state index in [0.29, 0.717) is 36.3 Å². The molecule has 0 atom stereocenters. The van der Waals surface area contributed by atoms with Gasteiger partial charge in [-0.3, -0.25) is 14.7 Å². The number of aromatic amines is 1. The molecule has 1 fully saturated rings. The lowest BCUT2D eigenvalue weighted by Crippen LogP contribution is -2.47. The summed E-state index contributed by atoms with van der Waals surface area (Å²) < 4.78 is 6.72. The highest BCUT2D eigenvalue weighted by atomic mass is 16.5. The summed E-state index contributed by atoms with van der Waals surface area (Å²) in [7, 11) is 1.60. The van der Waals surface area contributed by atoms with Crippen LogP contribution in [-0.2, 0) is 6.54 Å². The number of fused-ring (bicyclic) bond motifs is 1. The van der Waals surface area contributed by atoms with Crippen LogP contribution in [0, 0.1) is 0 Å². The van der Waals surface area contributed by atoms with Crippen LogP contribution in [-0.4, -0.2) is 34.3 Å². The summed E-state index contributed by atoms with van der Waals surface area (Å²) in [6.45, 7) is 1.22. The van der Waals surface area contributed by atoms with E-state index in [1.54, 1.807) is 19.2 Å². The van der Waals surface area contributed by atoms with Gasteiger partial charge in [-0.15, -0.1) is 0 Å². The van der Waals surface area contributed by atoms with E-state index in [1.807, 2.05) is 12.1 Å². The van der Waals surface area contributed by atoms with Crippen molar-refractivity contribution in [2.24, 2.45) is 0 Å². The topological polar surface area (TPSA) is 79.4 Å². The number of benzene rings is 1. The lowest BCUT2D eigenvalue weighted by molar-refractivity contribution is 0.152. The van der Waals surface area contributed by atoms with E-state index in [9.17, 15) is 9.59 Å². The fourth-order valence-corrected chi connectivity index (χ4v) is 4.02. The molecule has 0 amide bonds. The van der Waals surface area contributed by atoms with Crippen molar-refractivity contribution in [1.29, 1.82) is 0 Å². The maximum Gasteiger partial charge on any atom is 0.334 e. The third-order valence-corrected chi connectivity index (χ3v) is 5.44. The van der Waals surface area contributed by atoms with Gasteiger partial charge in [0.05, 0.1) is 25.0 Å². The molecule has 1 saturated carbocycles. The molecule has 0 unspecified atom stereocenters. The standard InChI is InChI=1S/C19H24N4O3/c1-26-15-9-7-14(8-10-15)23-17-16(18(24)21-19(23)25)11-22(12-20-17)13-5-3-2-4-6-13/h7-10,13,20H,2-6,11-12H2,1H3,(H,21,24,25). The van der Waals surface area contributed by atoms with E-state index in [2.05, 4.69) is 15.2 Å². The van der Waals surface area contributed by atoms with Gasteiger partial charge in [0.15, 0.2) is 0 Å². The van der Waals surface area contributed by atoms with E-state index in [-0.39, 0.29) is 5.56 Å². The van der Waals surface area contributed by atoms with E-state index < -0.39 is 5.69 Å². The van der Waals surface area contributed by atoms with Gasteiger partial charge in [-0.2, -0.15) is 0 Å². The SMILES string of the molecule is COc1ccc(-n2c3c(c(=O)[nH]c2=O)CN(C2CCCCC2)CN3)cc1. The maximum absolute atomic E-state index is 12.5. The van der Waals surface area contributed by atoms with E-state index in [4.69, 9.17) is 4.74 Å². The van der Waals surface area contributed by atoms with Crippen LogP contribution in [0.5, 0.6) is 5.75 Å². The lowest BCUT2D eigenvalue weighted by atomic mass is 9.94. The maximum atomic E-state index is 12.5. The van der Waals surface area contributed by atoms with Crippen LogP contribution < -0.4 is 21.3 Å². The summed E-state index contributed by atoms with van der Waals surface area (Å²) in [5, 5.41) is 3.32. The Morgan fingerprint density at radius 1 is 1.08 bits per heavy atom. The molecular weight excluding hydrogens is 332 g/mol. The minimum Gasteiger partial charge on any atom is -0.497 e. The molecule has 0 saturated heterocycles. The Labute approximate surface area is 151 Å². The quantitative estimate of drug-likeness (QED) is 0.880. The Morgan fingerprint density at radius 2 is 1.81 bits per heavy atom. The van der Waals surface area contributed by atoms with Crippen molar-refractivity contribution in [2.75, 3.05) is 19.1 Å². The highest BCUT2D eigenvalue weighted by Crippen LogP contribution is 2.28. The van der Waals surface area contributed by atoms with Crippen LogP contribution in [0.2, 0.25) is 0 Å². The van der Waals surface area contributed by atoms with Gasteiger partial charge >= 0.3 is 5.69 Å². The summed E-state index contributed by atoms with van der Waals surface area (Å²) in [5.41, 5.74) is 0.583. The van der Waals surface area contributed by atoms with Crippen LogP contribution >= 0.6 is 0 Å². The van der Waals surface area contributed by atoms with E-state index in [0.717, 1.165) is 5.75 Å². The van der Waals surface area contributed by atoms with Crippen molar-refractivity contribution < 1.29 is 4.74 Å². The first-order valence-electron chi connectivity index (χ1n) is 9.18. The van der Waals surface area contributed by atoms with Crippen molar-refractivity contribution in [1.82, 2.24) is 14.5 Å². The molecule has 1 aromatic heterocycles. The highest BCUT2D eigenvalue weighted by Gasteiger charge is 2.28. The molecule has 2 heterocycles. The van der Waals surface area contributed by atoms with Crippen LogP contribution in [0.4, 0.5) is 5.82 Å². The summed E-state index contributed by atoms with van der Waals surface area (Å²) in [6.07, 6.45) is 6.14. The summed E-state index contributed by atoms with van der Waals surface area (Å²) >= 11 is 0. The number of methoxy groups -OCH3 is 1. The predicted octanol–water partition coefficient (Wildman–Crippen LogP) is 2.05. The Bertz CT molecular complexity index is 894. The molecule has 0 bridgehead atoms. The van der Waals surface area contributed by atoms with Crippen LogP contribution in [0.15, 0.2) is 33.9 Å². The average molecular weight is 356 g/mol. The second-order valence-electron chi connectivity index (χ2n) is 6.99. The van der Waals surface area contributed by atoms with Crippen molar-refractivity contribution in [2.45, 2.75) is 44.7 Å². The average Bonchev–Trinajstić information content (AvgIpc) is 2.69. The number of rotatable bonds is 3. The Hall–Kier alpha value is -2.54. The number of H-pyrrole nitrogens is 1. The molecule has 26 heavy (non-hydrogen) atoms. The zero-order valence-corrected chi connectivity index (χ0v) is 15.0. The summed E-state index contributed by atoms with van der Waals surface area (Å²) in [6, 6.07) is 7.74. The minimum atomic E-state index is -0.433. The van der Waals surface area contributed by atoms with E-state index in [1.165, 1.54) is 36.7 Å². The van der Waals surface area contributed by atoms with Gasteiger partial charge in [0.1, 0.15) is 11.6 Å². The third kappa shape index (κ3) is 3.03. The molecule has 2 N–H and O–H groups in total. The van der Waals surface area contributed by atoms with E-state index >= 15 is 0 Å². The van der Waals surface area contributed by atoms with Gasteiger partial charge in [-0.1, -0.05) is 19.3 Å².